The molecular weight excluding hydrogens is 496 g/mol. The Hall–Kier alpha value is -3.29. The Morgan fingerprint density at radius 1 is 1.03 bits per heavy atom. The average molecular weight is 526 g/mol. The highest BCUT2D eigenvalue weighted by Crippen LogP contribution is 2.32. The highest BCUT2D eigenvalue weighted by molar-refractivity contribution is 6.05. The number of alkyl halides is 2. The lowest BCUT2D eigenvalue weighted by atomic mass is 9.96. The van der Waals surface area contributed by atoms with E-state index in [0.29, 0.717) is 43.6 Å². The summed E-state index contributed by atoms with van der Waals surface area (Å²) in [5.41, 5.74) is 5.67. The van der Waals surface area contributed by atoms with Gasteiger partial charge >= 0.3 is 0 Å². The summed E-state index contributed by atoms with van der Waals surface area (Å²) in [6.07, 6.45) is 1.53. The standard InChI is InChI=1S/C29H29F2N3O2.ClH/c1-33-26-17-24(11-8-21(26)10-13-27(33)35)32-28(36)22-9-12-25(20-6-3-2-4-7-20)23(16-22)18-34-15-5-14-29(30,31)19-34;/h2-4,6-9,11-12,16-17H,5,10,13-15,18-19H2,1H3,(H,32,36);1H. The Morgan fingerprint density at radius 3 is 2.57 bits per heavy atom. The maximum Gasteiger partial charge on any atom is 0.260 e. The molecule has 3 aromatic carbocycles. The number of likely N-dealkylation sites (tertiary alicyclic amines) is 1. The predicted molar refractivity (Wildman–Crippen MR) is 145 cm³/mol. The largest absolute Gasteiger partial charge is 0.322 e. The first-order valence-corrected chi connectivity index (χ1v) is 12.3. The normalized spacial score (nSPS) is 17.1. The van der Waals surface area contributed by atoms with Crippen molar-refractivity contribution in [3.8, 4) is 11.1 Å². The van der Waals surface area contributed by atoms with Gasteiger partial charge in [-0.3, -0.25) is 14.5 Å². The first-order chi connectivity index (χ1) is 17.3. The molecule has 3 aromatic rings. The molecule has 5 rings (SSSR count). The first-order valence-electron chi connectivity index (χ1n) is 12.3. The van der Waals surface area contributed by atoms with Crippen LogP contribution in [0.5, 0.6) is 0 Å². The van der Waals surface area contributed by atoms with Crippen LogP contribution in [0.4, 0.5) is 20.2 Å². The second kappa shape index (κ2) is 11.0. The van der Waals surface area contributed by atoms with Crippen LogP contribution in [0.2, 0.25) is 0 Å². The van der Waals surface area contributed by atoms with Crippen LogP contribution in [0.3, 0.4) is 0 Å². The third-order valence-corrected chi connectivity index (χ3v) is 7.00. The molecule has 1 saturated heterocycles. The van der Waals surface area contributed by atoms with Crippen molar-refractivity contribution in [2.75, 3.05) is 30.4 Å². The smallest absolute Gasteiger partial charge is 0.260 e. The van der Waals surface area contributed by atoms with Gasteiger partial charge in [-0.05, 0) is 65.9 Å². The zero-order valence-electron chi connectivity index (χ0n) is 20.7. The van der Waals surface area contributed by atoms with Crippen LogP contribution in [0.1, 0.15) is 40.7 Å². The lowest BCUT2D eigenvalue weighted by Gasteiger charge is -2.33. The highest BCUT2D eigenvalue weighted by atomic mass is 35.5. The van der Waals surface area contributed by atoms with Gasteiger partial charge in [0.15, 0.2) is 0 Å². The third-order valence-electron chi connectivity index (χ3n) is 7.00. The second-order valence-electron chi connectivity index (χ2n) is 9.66. The number of carbonyl (C=O) groups excluding carboxylic acids is 2. The molecule has 0 aliphatic carbocycles. The first kappa shape index (κ1) is 26.8. The molecule has 0 unspecified atom stereocenters. The van der Waals surface area contributed by atoms with Gasteiger partial charge in [-0.1, -0.05) is 42.5 Å². The summed E-state index contributed by atoms with van der Waals surface area (Å²) in [4.78, 5) is 28.7. The van der Waals surface area contributed by atoms with Crippen LogP contribution in [-0.4, -0.2) is 42.8 Å². The number of halogens is 3. The Morgan fingerprint density at radius 2 is 1.81 bits per heavy atom. The maximum absolute atomic E-state index is 14.1. The number of hydrogen-bond acceptors (Lipinski definition) is 3. The van der Waals surface area contributed by atoms with E-state index in [1.807, 2.05) is 54.6 Å². The van der Waals surface area contributed by atoms with Crippen molar-refractivity contribution < 1.29 is 18.4 Å². The van der Waals surface area contributed by atoms with Crippen molar-refractivity contribution >= 4 is 35.6 Å². The Bertz CT molecular complexity index is 1300. The summed E-state index contributed by atoms with van der Waals surface area (Å²) in [7, 11) is 1.74. The van der Waals surface area contributed by atoms with Crippen LogP contribution >= 0.6 is 12.4 Å². The fourth-order valence-corrected chi connectivity index (χ4v) is 5.10. The molecule has 5 nitrogen and oxygen atoms in total. The van der Waals surface area contributed by atoms with Crippen molar-refractivity contribution in [2.24, 2.45) is 0 Å². The molecular formula is C29H30ClF2N3O2. The van der Waals surface area contributed by atoms with Gasteiger partial charge < -0.3 is 10.2 Å². The molecule has 194 valence electrons. The van der Waals surface area contributed by atoms with Gasteiger partial charge in [0.25, 0.3) is 11.8 Å². The van der Waals surface area contributed by atoms with E-state index < -0.39 is 5.92 Å². The third kappa shape index (κ3) is 6.00. The molecule has 0 saturated carbocycles. The van der Waals surface area contributed by atoms with Crippen LogP contribution in [-0.2, 0) is 17.8 Å². The van der Waals surface area contributed by atoms with Crippen molar-refractivity contribution in [3.63, 3.8) is 0 Å². The fourth-order valence-electron chi connectivity index (χ4n) is 5.10. The minimum absolute atomic E-state index is 0. The minimum atomic E-state index is -2.69. The van der Waals surface area contributed by atoms with E-state index in [1.54, 1.807) is 29.0 Å². The summed E-state index contributed by atoms with van der Waals surface area (Å²) < 4.78 is 28.1. The molecule has 1 fully saturated rings. The number of piperidine rings is 1. The van der Waals surface area contributed by atoms with Crippen molar-refractivity contribution in [1.29, 1.82) is 0 Å². The van der Waals surface area contributed by atoms with E-state index in [4.69, 9.17) is 0 Å². The van der Waals surface area contributed by atoms with E-state index in [-0.39, 0.29) is 37.2 Å². The molecule has 2 heterocycles. The Balaban J connectivity index is 0.00000320. The number of nitrogens with zero attached hydrogens (tertiary/aromatic N) is 2. The lowest BCUT2D eigenvalue weighted by Crippen LogP contribution is -2.42. The fraction of sp³-hybridized carbons (Fsp3) is 0.310. The molecule has 2 aliphatic rings. The number of benzene rings is 3. The van der Waals surface area contributed by atoms with Gasteiger partial charge in [-0.2, -0.15) is 0 Å². The van der Waals surface area contributed by atoms with E-state index in [0.717, 1.165) is 27.9 Å². The number of nitrogens with one attached hydrogen (secondary N) is 1. The van der Waals surface area contributed by atoms with Gasteiger partial charge in [0.2, 0.25) is 5.91 Å². The SMILES string of the molecule is CN1C(=O)CCc2ccc(NC(=O)c3ccc(-c4ccccc4)c(CN4CCCC(F)(F)C4)c3)cc21.Cl. The van der Waals surface area contributed by atoms with Gasteiger partial charge in [0.1, 0.15) is 0 Å². The van der Waals surface area contributed by atoms with Gasteiger partial charge in [0.05, 0.1) is 6.54 Å². The number of hydrogen-bond donors (Lipinski definition) is 1. The summed E-state index contributed by atoms with van der Waals surface area (Å²) in [6.45, 7) is 0.660. The van der Waals surface area contributed by atoms with Crippen molar-refractivity contribution in [2.45, 2.75) is 38.2 Å². The molecule has 8 heteroatoms. The molecule has 1 N–H and O–H groups in total. The molecule has 37 heavy (non-hydrogen) atoms. The molecule has 0 atom stereocenters. The number of aryl methyl sites for hydroxylation is 1. The summed E-state index contributed by atoms with van der Waals surface area (Å²) in [6, 6.07) is 20.8. The van der Waals surface area contributed by atoms with Crippen molar-refractivity contribution in [3.05, 3.63) is 83.4 Å². The van der Waals surface area contributed by atoms with Gasteiger partial charge in [-0.15, -0.1) is 12.4 Å². The zero-order chi connectivity index (χ0) is 25.3. The number of rotatable bonds is 5. The molecule has 2 aliphatic heterocycles. The lowest BCUT2D eigenvalue weighted by molar-refractivity contribution is -0.118. The molecule has 0 radical (unpaired) electrons. The van der Waals surface area contributed by atoms with Crippen molar-refractivity contribution in [1.82, 2.24) is 4.90 Å². The highest BCUT2D eigenvalue weighted by Gasteiger charge is 2.35. The monoisotopic (exact) mass is 525 g/mol. The number of carbonyl (C=O) groups is 2. The molecule has 0 aromatic heterocycles. The van der Waals surface area contributed by atoms with E-state index in [1.165, 1.54) is 0 Å². The molecule has 2 amide bonds. The van der Waals surface area contributed by atoms with Gasteiger partial charge in [-0.25, -0.2) is 8.78 Å². The quantitative estimate of drug-likeness (QED) is 0.433. The van der Waals surface area contributed by atoms with Gasteiger partial charge in [0, 0.05) is 43.4 Å². The van der Waals surface area contributed by atoms with Crippen LogP contribution < -0.4 is 10.2 Å². The van der Waals surface area contributed by atoms with E-state index >= 15 is 0 Å². The zero-order valence-corrected chi connectivity index (χ0v) is 21.5. The van der Waals surface area contributed by atoms with Crippen LogP contribution in [0.15, 0.2) is 66.7 Å². The maximum atomic E-state index is 14.1. The molecule has 0 spiro atoms. The number of fused-ring (bicyclic) bond motifs is 1. The summed E-state index contributed by atoms with van der Waals surface area (Å²) >= 11 is 0. The minimum Gasteiger partial charge on any atom is -0.322 e. The second-order valence-corrected chi connectivity index (χ2v) is 9.66. The van der Waals surface area contributed by atoms with Crippen LogP contribution in [0.25, 0.3) is 11.1 Å². The summed E-state index contributed by atoms with van der Waals surface area (Å²) in [5.74, 6) is -2.93. The molecule has 0 bridgehead atoms. The summed E-state index contributed by atoms with van der Waals surface area (Å²) in [5, 5.41) is 2.94. The Kier molecular flexibility index (Phi) is 7.95. The average Bonchev–Trinajstić information content (AvgIpc) is 2.86. The van der Waals surface area contributed by atoms with E-state index in [9.17, 15) is 18.4 Å². The Labute approximate surface area is 221 Å². The number of anilines is 2. The number of amides is 2. The topological polar surface area (TPSA) is 52.7 Å². The van der Waals surface area contributed by atoms with Crippen LogP contribution in [0, 0.1) is 0 Å². The van der Waals surface area contributed by atoms with E-state index in [2.05, 4.69) is 5.32 Å². The predicted octanol–water partition coefficient (Wildman–Crippen LogP) is 6.17.